The molecule has 6 heterocycles. The van der Waals surface area contributed by atoms with Gasteiger partial charge in [-0.15, -0.1) is 22.7 Å². The summed E-state index contributed by atoms with van der Waals surface area (Å²) in [5.41, 5.74) is 4.07. The normalized spacial score (nSPS) is 11.3. The average molecular weight is 837 g/mol. The third-order valence-corrected chi connectivity index (χ3v) is 11.1. The minimum Gasteiger partial charge on any atom is -0.497 e. The van der Waals surface area contributed by atoms with E-state index in [4.69, 9.17) is 14.2 Å². The molecule has 0 aliphatic heterocycles. The molecular formula is C34H29IN8O6S2. The van der Waals surface area contributed by atoms with E-state index < -0.39 is 5.97 Å². The number of benzene rings is 2. The van der Waals surface area contributed by atoms with Crippen LogP contribution < -0.4 is 20.6 Å². The molecule has 0 saturated carbocycles. The van der Waals surface area contributed by atoms with Gasteiger partial charge in [-0.05, 0) is 58.0 Å². The van der Waals surface area contributed by atoms with Crippen molar-refractivity contribution in [3.8, 4) is 11.5 Å². The van der Waals surface area contributed by atoms with Gasteiger partial charge in [0.25, 0.3) is 11.1 Å². The Morgan fingerprint density at radius 2 is 1.24 bits per heavy atom. The molecule has 0 saturated heterocycles. The zero-order valence-corrected chi connectivity index (χ0v) is 31.7. The van der Waals surface area contributed by atoms with Crippen LogP contribution >= 0.6 is 45.3 Å². The molecule has 0 bridgehead atoms. The van der Waals surface area contributed by atoms with Gasteiger partial charge in [-0.25, -0.2) is 24.1 Å². The Labute approximate surface area is 310 Å². The number of aryl methyl sites for hydroxylation is 2. The lowest BCUT2D eigenvalue weighted by molar-refractivity contribution is 0.0600. The summed E-state index contributed by atoms with van der Waals surface area (Å²) in [6.07, 6.45) is 3.39. The predicted molar refractivity (Wildman–Crippen MR) is 205 cm³/mol. The monoisotopic (exact) mass is 836 g/mol. The summed E-state index contributed by atoms with van der Waals surface area (Å²) >= 11 is 4.96. The lowest BCUT2D eigenvalue weighted by Crippen LogP contribution is -2.24. The van der Waals surface area contributed by atoms with Gasteiger partial charge in [-0.2, -0.15) is 10.2 Å². The Kier molecular flexibility index (Phi) is 9.34. The zero-order chi connectivity index (χ0) is 36.0. The number of carbonyl (C=O) groups excluding carboxylic acids is 1. The molecule has 8 rings (SSSR count). The van der Waals surface area contributed by atoms with E-state index in [2.05, 4.69) is 42.8 Å². The lowest BCUT2D eigenvalue weighted by atomic mass is 10.2. The topological polar surface area (TPSA) is 150 Å². The van der Waals surface area contributed by atoms with E-state index in [-0.39, 0.29) is 16.1 Å². The number of hydrogen-bond acceptors (Lipinski definition) is 12. The molecule has 0 N–H and O–H groups in total. The van der Waals surface area contributed by atoms with E-state index in [9.17, 15) is 14.4 Å². The molecule has 6 aromatic heterocycles. The molecule has 260 valence electrons. The van der Waals surface area contributed by atoms with Gasteiger partial charge in [0.1, 0.15) is 22.5 Å². The van der Waals surface area contributed by atoms with Crippen LogP contribution in [-0.2, 0) is 31.9 Å². The number of ether oxygens (including phenoxy) is 3. The van der Waals surface area contributed by atoms with Crippen molar-refractivity contribution in [2.24, 2.45) is 14.1 Å². The van der Waals surface area contributed by atoms with Crippen molar-refractivity contribution in [1.82, 2.24) is 38.7 Å². The highest BCUT2D eigenvalue weighted by Crippen LogP contribution is 2.32. The highest BCUT2D eigenvalue weighted by atomic mass is 127. The molecule has 0 fully saturated rings. The van der Waals surface area contributed by atoms with Crippen molar-refractivity contribution in [2.45, 2.75) is 13.1 Å². The third kappa shape index (κ3) is 6.25. The van der Waals surface area contributed by atoms with Gasteiger partial charge in [-0.1, -0.05) is 24.3 Å². The van der Waals surface area contributed by atoms with Crippen LogP contribution in [0.3, 0.4) is 0 Å². The first-order valence-electron chi connectivity index (χ1n) is 15.3. The second-order valence-electron chi connectivity index (χ2n) is 11.3. The van der Waals surface area contributed by atoms with Crippen molar-refractivity contribution in [1.29, 1.82) is 0 Å². The quantitative estimate of drug-likeness (QED) is 0.155. The summed E-state index contributed by atoms with van der Waals surface area (Å²) in [6.45, 7) is 0.724. The molecule has 0 amide bonds. The number of thiazole rings is 2. The number of rotatable bonds is 7. The summed E-state index contributed by atoms with van der Waals surface area (Å²) in [7, 11) is 8.16. The Bertz CT molecular complexity index is 2740. The van der Waals surface area contributed by atoms with Gasteiger partial charge in [0, 0.05) is 24.9 Å². The molecule has 17 heteroatoms. The third-order valence-electron chi connectivity index (χ3n) is 8.32. The second kappa shape index (κ2) is 13.9. The van der Waals surface area contributed by atoms with Crippen LogP contribution in [0.5, 0.6) is 11.5 Å². The van der Waals surface area contributed by atoms with Gasteiger partial charge in [0.05, 0.1) is 56.2 Å². The maximum Gasteiger partial charge on any atom is 0.367 e. The number of fused-ring (bicyclic) bond motifs is 6. The van der Waals surface area contributed by atoms with E-state index in [1.807, 2.05) is 60.1 Å². The Hall–Kier alpha value is -5.14. The van der Waals surface area contributed by atoms with Crippen molar-refractivity contribution < 1.29 is 19.0 Å². The number of nitrogens with zero attached hydrogens (tertiary/aromatic N) is 8. The van der Waals surface area contributed by atoms with Gasteiger partial charge in [-0.3, -0.25) is 9.59 Å². The highest BCUT2D eigenvalue weighted by molar-refractivity contribution is 14.1. The fraction of sp³-hybridized carbons (Fsp3) is 0.206. The maximum atomic E-state index is 13.0. The zero-order valence-electron chi connectivity index (χ0n) is 27.9. The predicted octanol–water partition coefficient (Wildman–Crippen LogP) is 5.19. The molecule has 2 aromatic carbocycles. The first-order chi connectivity index (χ1) is 24.6. The summed E-state index contributed by atoms with van der Waals surface area (Å²) in [5, 5.41) is 10.4. The van der Waals surface area contributed by atoms with E-state index in [0.717, 1.165) is 46.1 Å². The second-order valence-corrected chi connectivity index (χ2v) is 15.1. The molecular weight excluding hydrogens is 807 g/mol. The van der Waals surface area contributed by atoms with Crippen LogP contribution in [0.25, 0.3) is 42.5 Å². The van der Waals surface area contributed by atoms with Gasteiger partial charge in [0.15, 0.2) is 14.3 Å². The molecule has 0 unspecified atom stereocenters. The van der Waals surface area contributed by atoms with Crippen molar-refractivity contribution >= 4 is 93.7 Å². The fourth-order valence-electron chi connectivity index (χ4n) is 5.84. The summed E-state index contributed by atoms with van der Waals surface area (Å²) in [4.78, 5) is 46.4. The van der Waals surface area contributed by atoms with Crippen LogP contribution in [0.2, 0.25) is 0 Å². The Morgan fingerprint density at radius 3 is 1.73 bits per heavy atom. The molecule has 0 spiro atoms. The van der Waals surface area contributed by atoms with E-state index in [1.165, 1.54) is 27.8 Å². The maximum absolute atomic E-state index is 13.0. The van der Waals surface area contributed by atoms with E-state index >= 15 is 0 Å². The van der Waals surface area contributed by atoms with Crippen molar-refractivity contribution in [2.75, 3.05) is 21.3 Å². The fourth-order valence-corrected chi connectivity index (χ4v) is 8.59. The molecule has 8 aromatic rings. The van der Waals surface area contributed by atoms with Gasteiger partial charge >= 0.3 is 5.97 Å². The lowest BCUT2D eigenvalue weighted by Gasteiger charge is -2.07. The molecule has 0 aliphatic carbocycles. The molecule has 0 aliphatic rings. The highest BCUT2D eigenvalue weighted by Gasteiger charge is 2.21. The van der Waals surface area contributed by atoms with Crippen LogP contribution in [0, 0.1) is 3.01 Å². The first kappa shape index (κ1) is 34.3. The molecule has 51 heavy (non-hydrogen) atoms. The summed E-state index contributed by atoms with van der Waals surface area (Å²) < 4.78 is 24.3. The number of hydrogen-bond donors (Lipinski definition) is 0. The van der Waals surface area contributed by atoms with Gasteiger partial charge in [0.2, 0.25) is 5.01 Å². The van der Waals surface area contributed by atoms with Crippen LogP contribution in [-0.4, -0.2) is 66.0 Å². The standard InChI is InChI=1S/C18H16N4O4S.C16H13IN4O2S/c1-21-13-12(14-15(21)20-16(27-14)18(24)26-3)8-19-22(17(13)23)9-10-5-4-6-11(7-10)25-2;1-20-12-11(13-14(20)19-16(17)24-13)7-18-21(15(12)22)8-9-4-3-5-10(6-9)23-2/h4-8H,9H2,1-3H3;3-7H,8H2,1-2H3. The minimum absolute atomic E-state index is 0.113. The number of halogens is 1. The molecule has 0 radical (unpaired) electrons. The Balaban J connectivity index is 0.000000160. The van der Waals surface area contributed by atoms with E-state index in [0.29, 0.717) is 35.2 Å². The van der Waals surface area contributed by atoms with Crippen LogP contribution in [0.4, 0.5) is 0 Å². The average Bonchev–Trinajstić information content (AvgIpc) is 3.88. The number of esters is 1. The van der Waals surface area contributed by atoms with Crippen LogP contribution in [0.15, 0.2) is 70.5 Å². The SMILES string of the molecule is COC(=O)c1nc2c(s1)c1cnn(Cc3cccc(OC)c3)c(=O)c1n2C.COc1cccc(Cn2ncc3c4sc(I)nc4n(C)c3c2=O)c1. The summed E-state index contributed by atoms with van der Waals surface area (Å²) in [5.74, 6) is 0.990. The number of aromatic nitrogens is 8. The number of carbonyl (C=O) groups is 1. The van der Waals surface area contributed by atoms with Crippen LogP contribution in [0.1, 0.15) is 20.9 Å². The van der Waals surface area contributed by atoms with Gasteiger partial charge < -0.3 is 23.3 Å². The van der Waals surface area contributed by atoms with Crippen molar-refractivity contribution in [3.05, 3.63) is 101 Å². The van der Waals surface area contributed by atoms with Crippen molar-refractivity contribution in [3.63, 3.8) is 0 Å². The largest absolute Gasteiger partial charge is 0.497 e. The minimum atomic E-state index is -0.497. The first-order valence-corrected chi connectivity index (χ1v) is 18.0. The Morgan fingerprint density at radius 1 is 0.745 bits per heavy atom. The number of methoxy groups -OCH3 is 3. The molecule has 0 atom stereocenters. The van der Waals surface area contributed by atoms with E-state index in [1.54, 1.807) is 49.6 Å². The molecule has 14 nitrogen and oxygen atoms in total. The smallest absolute Gasteiger partial charge is 0.367 e. The summed E-state index contributed by atoms with van der Waals surface area (Å²) in [6, 6.07) is 15.1.